The molecule has 0 saturated carbocycles. The van der Waals surface area contributed by atoms with E-state index in [4.69, 9.17) is 14.6 Å². The van der Waals surface area contributed by atoms with Crippen LogP contribution in [0.2, 0.25) is 0 Å². The minimum absolute atomic E-state index is 0.0978. The van der Waals surface area contributed by atoms with Gasteiger partial charge in [0.25, 0.3) is 0 Å². The van der Waals surface area contributed by atoms with Crippen LogP contribution in [-0.2, 0) is 11.3 Å². The summed E-state index contributed by atoms with van der Waals surface area (Å²) in [6, 6.07) is 13.4. The molecule has 168 valence electrons. The van der Waals surface area contributed by atoms with Crippen LogP contribution in [0.4, 0.5) is 5.69 Å². The summed E-state index contributed by atoms with van der Waals surface area (Å²) in [7, 11) is 1.60. The second-order valence-electron chi connectivity index (χ2n) is 6.75. The van der Waals surface area contributed by atoms with Crippen LogP contribution < -0.4 is 14.8 Å². The molecule has 3 rings (SSSR count). The lowest BCUT2D eigenvalue weighted by Crippen LogP contribution is -2.15. The first-order valence-electron chi connectivity index (χ1n) is 9.91. The van der Waals surface area contributed by atoms with Gasteiger partial charge in [-0.15, -0.1) is 10.2 Å². The molecule has 1 aromatic heterocycles. The summed E-state index contributed by atoms with van der Waals surface area (Å²) in [6.45, 7) is 4.46. The van der Waals surface area contributed by atoms with Gasteiger partial charge in [-0.25, -0.2) is 4.79 Å². The van der Waals surface area contributed by atoms with Crippen LogP contribution in [0, 0.1) is 0 Å². The van der Waals surface area contributed by atoms with Crippen LogP contribution in [0.5, 0.6) is 11.5 Å². The Morgan fingerprint density at radius 2 is 1.91 bits per heavy atom. The van der Waals surface area contributed by atoms with Crippen molar-refractivity contribution in [3.8, 4) is 11.5 Å². The average molecular weight is 457 g/mol. The molecular weight excluding hydrogens is 432 g/mol. The summed E-state index contributed by atoms with van der Waals surface area (Å²) in [4.78, 5) is 23.4. The zero-order chi connectivity index (χ0) is 23.1. The summed E-state index contributed by atoms with van der Waals surface area (Å²) in [5.41, 5.74) is 0.532. The number of carbonyl (C=O) groups excluding carboxylic acids is 1. The lowest BCUT2D eigenvalue weighted by molar-refractivity contribution is -0.113. The van der Waals surface area contributed by atoms with E-state index in [9.17, 15) is 9.59 Å². The maximum absolute atomic E-state index is 12.3. The second-order valence-corrected chi connectivity index (χ2v) is 7.69. The highest BCUT2D eigenvalue weighted by Crippen LogP contribution is 2.27. The van der Waals surface area contributed by atoms with Gasteiger partial charge in [-0.05, 0) is 44.2 Å². The quantitative estimate of drug-likeness (QED) is 0.442. The number of hydrogen-bond acceptors (Lipinski definition) is 7. The molecule has 2 N–H and O–H groups in total. The number of nitrogens with one attached hydrogen (secondary N) is 1. The fourth-order valence-electron chi connectivity index (χ4n) is 2.99. The first-order chi connectivity index (χ1) is 15.4. The number of aromatic nitrogens is 3. The number of ether oxygens (including phenoxy) is 2. The number of benzene rings is 2. The number of methoxy groups -OCH3 is 1. The molecule has 0 aliphatic carbocycles. The Labute approximate surface area is 189 Å². The molecule has 32 heavy (non-hydrogen) atoms. The molecule has 1 amide bonds. The van der Waals surface area contributed by atoms with Crippen molar-refractivity contribution in [3.05, 3.63) is 59.9 Å². The minimum Gasteiger partial charge on any atom is -0.497 e. The highest BCUT2D eigenvalue weighted by Gasteiger charge is 2.20. The maximum atomic E-state index is 12.3. The van der Waals surface area contributed by atoms with Gasteiger partial charge in [-0.1, -0.05) is 23.9 Å². The van der Waals surface area contributed by atoms with Crippen LogP contribution in [0.15, 0.2) is 53.7 Å². The molecule has 0 aliphatic heterocycles. The fourth-order valence-corrected chi connectivity index (χ4v) is 3.80. The highest BCUT2D eigenvalue weighted by atomic mass is 32.2. The number of hydrogen-bond donors (Lipinski definition) is 2. The number of nitrogens with zero attached hydrogens (tertiary/aromatic N) is 3. The number of carboxylic acid groups (broad SMARTS) is 1. The summed E-state index contributed by atoms with van der Waals surface area (Å²) in [5, 5.41) is 20.8. The van der Waals surface area contributed by atoms with E-state index in [0.717, 1.165) is 0 Å². The number of aromatic carboxylic acids is 1. The monoisotopic (exact) mass is 456 g/mol. The van der Waals surface area contributed by atoms with Gasteiger partial charge in [-0.3, -0.25) is 4.79 Å². The molecule has 0 spiro atoms. The molecule has 1 atom stereocenters. The number of amides is 1. The van der Waals surface area contributed by atoms with E-state index in [0.29, 0.717) is 34.7 Å². The number of carboxylic acids is 1. The van der Waals surface area contributed by atoms with Gasteiger partial charge in [0.1, 0.15) is 11.5 Å². The number of rotatable bonds is 10. The summed E-state index contributed by atoms with van der Waals surface area (Å²) in [5.74, 6) is 0.769. The Balaban J connectivity index is 1.63. The van der Waals surface area contributed by atoms with E-state index in [2.05, 4.69) is 15.5 Å². The number of anilines is 1. The number of carbonyl (C=O) groups is 2. The van der Waals surface area contributed by atoms with E-state index < -0.39 is 5.97 Å². The molecule has 0 saturated heterocycles. The Morgan fingerprint density at radius 3 is 2.62 bits per heavy atom. The van der Waals surface area contributed by atoms with Crippen molar-refractivity contribution in [3.63, 3.8) is 0 Å². The molecule has 1 unspecified atom stereocenters. The predicted octanol–water partition coefficient (Wildman–Crippen LogP) is 3.88. The first kappa shape index (κ1) is 23.1. The Bertz CT molecular complexity index is 1100. The van der Waals surface area contributed by atoms with Crippen LogP contribution in [0.3, 0.4) is 0 Å². The van der Waals surface area contributed by atoms with Gasteiger partial charge in [0.2, 0.25) is 5.91 Å². The smallest absolute Gasteiger partial charge is 0.335 e. The molecule has 1 heterocycles. The Hall–Kier alpha value is -3.53. The standard InChI is InChI=1S/C22H24N4O5S/c1-4-26-20(14(2)31-18-10-6-9-17(12-18)30-3)24-25-22(26)32-13-19(27)23-16-8-5-7-15(11-16)21(28)29/h5-12,14H,4,13H2,1-3H3,(H,23,27)(H,28,29). The third-order valence-corrected chi connectivity index (χ3v) is 5.47. The lowest BCUT2D eigenvalue weighted by Gasteiger charge is -2.16. The molecule has 0 bridgehead atoms. The van der Waals surface area contributed by atoms with Gasteiger partial charge in [0.15, 0.2) is 17.1 Å². The van der Waals surface area contributed by atoms with Crippen LogP contribution in [-0.4, -0.2) is 44.6 Å². The fraction of sp³-hybridized carbons (Fsp3) is 0.273. The maximum Gasteiger partial charge on any atom is 0.335 e. The van der Waals surface area contributed by atoms with Crippen LogP contribution >= 0.6 is 11.8 Å². The summed E-state index contributed by atoms with van der Waals surface area (Å²) in [6.07, 6.45) is -0.364. The van der Waals surface area contributed by atoms with E-state index in [1.54, 1.807) is 25.3 Å². The van der Waals surface area contributed by atoms with Crippen molar-refractivity contribution in [1.82, 2.24) is 14.8 Å². The van der Waals surface area contributed by atoms with Gasteiger partial charge < -0.3 is 24.5 Å². The first-order valence-corrected chi connectivity index (χ1v) is 10.9. The van der Waals surface area contributed by atoms with E-state index in [-0.39, 0.29) is 23.3 Å². The molecule has 10 heteroatoms. The highest BCUT2D eigenvalue weighted by molar-refractivity contribution is 7.99. The molecule has 0 radical (unpaired) electrons. The third kappa shape index (κ3) is 5.79. The SMILES string of the molecule is CCn1c(SCC(=O)Nc2cccc(C(=O)O)c2)nnc1C(C)Oc1cccc(OC)c1. The van der Waals surface area contributed by atoms with Crippen molar-refractivity contribution >= 4 is 29.3 Å². The summed E-state index contributed by atoms with van der Waals surface area (Å²) >= 11 is 1.25. The lowest BCUT2D eigenvalue weighted by atomic mass is 10.2. The van der Waals surface area contributed by atoms with Crippen LogP contribution in [0.25, 0.3) is 0 Å². The van der Waals surface area contributed by atoms with Crippen molar-refractivity contribution in [1.29, 1.82) is 0 Å². The van der Waals surface area contributed by atoms with Gasteiger partial charge in [0, 0.05) is 18.3 Å². The molecule has 2 aromatic carbocycles. The van der Waals surface area contributed by atoms with E-state index in [1.165, 1.54) is 23.9 Å². The average Bonchev–Trinajstić information content (AvgIpc) is 3.21. The van der Waals surface area contributed by atoms with Crippen molar-refractivity contribution in [2.45, 2.75) is 31.7 Å². The van der Waals surface area contributed by atoms with Gasteiger partial charge >= 0.3 is 5.97 Å². The van der Waals surface area contributed by atoms with Gasteiger partial charge in [0.05, 0.1) is 18.4 Å². The molecule has 0 aliphatic rings. The van der Waals surface area contributed by atoms with E-state index >= 15 is 0 Å². The van der Waals surface area contributed by atoms with Crippen molar-refractivity contribution in [2.24, 2.45) is 0 Å². The Morgan fingerprint density at radius 1 is 1.16 bits per heavy atom. The third-order valence-electron chi connectivity index (χ3n) is 4.50. The Kier molecular flexibility index (Phi) is 7.72. The normalized spacial score (nSPS) is 11.6. The predicted molar refractivity (Wildman–Crippen MR) is 120 cm³/mol. The second kappa shape index (κ2) is 10.7. The van der Waals surface area contributed by atoms with Crippen molar-refractivity contribution < 1.29 is 24.2 Å². The topological polar surface area (TPSA) is 116 Å². The summed E-state index contributed by atoms with van der Waals surface area (Å²) < 4.78 is 13.1. The molecule has 9 nitrogen and oxygen atoms in total. The van der Waals surface area contributed by atoms with E-state index in [1.807, 2.05) is 36.6 Å². The van der Waals surface area contributed by atoms with Gasteiger partial charge in [-0.2, -0.15) is 0 Å². The van der Waals surface area contributed by atoms with Crippen molar-refractivity contribution in [2.75, 3.05) is 18.2 Å². The zero-order valence-electron chi connectivity index (χ0n) is 17.9. The molecular formula is C22H24N4O5S. The molecule has 3 aromatic rings. The largest absolute Gasteiger partial charge is 0.497 e. The van der Waals surface area contributed by atoms with Crippen LogP contribution in [0.1, 0.15) is 36.1 Å². The number of thioether (sulfide) groups is 1. The minimum atomic E-state index is -1.05. The zero-order valence-corrected chi connectivity index (χ0v) is 18.8. The molecule has 0 fully saturated rings.